The first kappa shape index (κ1) is 37.0. The minimum atomic E-state index is -1.96. The summed E-state index contributed by atoms with van der Waals surface area (Å²) in [5.41, 5.74) is 0.583. The van der Waals surface area contributed by atoms with Gasteiger partial charge in [0.05, 0.1) is 26.5 Å². The van der Waals surface area contributed by atoms with Gasteiger partial charge in [-0.15, -0.1) is 5.10 Å². The molecule has 0 bridgehead atoms. The molecule has 1 unspecified atom stereocenters. The van der Waals surface area contributed by atoms with Crippen LogP contribution < -0.4 is 20.5 Å². The van der Waals surface area contributed by atoms with Crippen LogP contribution in [-0.2, 0) is 9.16 Å². The van der Waals surface area contributed by atoms with Crippen molar-refractivity contribution in [3.8, 4) is 28.7 Å². The van der Waals surface area contributed by atoms with Crippen molar-refractivity contribution in [2.24, 2.45) is 0 Å². The highest BCUT2D eigenvalue weighted by Gasteiger charge is 2.37. The van der Waals surface area contributed by atoms with Gasteiger partial charge in [0.2, 0.25) is 11.7 Å². The third kappa shape index (κ3) is 8.37. The van der Waals surface area contributed by atoms with Gasteiger partial charge in [-0.3, -0.25) is 10.1 Å². The molecule has 5 aromatic rings. The van der Waals surface area contributed by atoms with E-state index >= 15 is 4.39 Å². The Morgan fingerprint density at radius 1 is 1.16 bits per heavy atom. The predicted molar refractivity (Wildman–Crippen MR) is 188 cm³/mol. The summed E-state index contributed by atoms with van der Waals surface area (Å²) in [7, 11) is -0.498. The van der Waals surface area contributed by atoms with E-state index in [1.165, 1.54) is 25.4 Å². The highest BCUT2D eigenvalue weighted by molar-refractivity contribution is 6.74. The number of H-pyrrole nitrogens is 2. The molecule has 3 heterocycles. The van der Waals surface area contributed by atoms with Gasteiger partial charge in [0.15, 0.2) is 31.5 Å². The lowest BCUT2D eigenvalue weighted by Crippen LogP contribution is -2.41. The molecule has 0 aliphatic carbocycles. The molecular weight excluding hydrogens is 680 g/mol. The topological polar surface area (TPSA) is 184 Å². The van der Waals surface area contributed by atoms with Crippen LogP contribution in [-0.4, -0.2) is 76.3 Å². The average Bonchev–Trinajstić information content (AvgIpc) is 3.84. The molecule has 0 aliphatic rings. The zero-order chi connectivity index (χ0) is 36.9. The molecule has 272 valence electrons. The number of carbonyl (C=O) groups is 1. The average molecular weight is 723 g/mol. The van der Waals surface area contributed by atoms with Crippen molar-refractivity contribution in [2.75, 3.05) is 32.2 Å². The van der Waals surface area contributed by atoms with Gasteiger partial charge in [-0.05, 0) is 55.4 Å². The molecular formula is C34H43FN8O7Si. The summed E-state index contributed by atoms with van der Waals surface area (Å²) >= 11 is 0. The Kier molecular flexibility index (Phi) is 11.1. The third-order valence-corrected chi connectivity index (χ3v) is 13.2. The van der Waals surface area contributed by atoms with Crippen molar-refractivity contribution in [2.45, 2.75) is 65.2 Å². The smallest absolute Gasteiger partial charge is 0.349 e. The summed E-state index contributed by atoms with van der Waals surface area (Å²) in [6, 6.07) is 8.89. The molecule has 0 saturated carbocycles. The van der Waals surface area contributed by atoms with Crippen molar-refractivity contribution in [3.63, 3.8) is 0 Å². The van der Waals surface area contributed by atoms with Gasteiger partial charge < -0.3 is 28.5 Å². The number of aryl methyl sites for hydroxylation is 1. The van der Waals surface area contributed by atoms with Crippen LogP contribution in [0, 0.1) is 12.7 Å². The monoisotopic (exact) mass is 722 g/mol. The lowest BCUT2D eigenvalue weighted by molar-refractivity contribution is 0.0526. The number of methoxy groups -OCH3 is 1. The molecule has 0 aliphatic heterocycles. The van der Waals surface area contributed by atoms with Crippen molar-refractivity contribution < 1.29 is 32.3 Å². The van der Waals surface area contributed by atoms with Gasteiger partial charge in [0.25, 0.3) is 0 Å². The normalized spacial score (nSPS) is 12.5. The Morgan fingerprint density at radius 2 is 1.90 bits per heavy atom. The van der Waals surface area contributed by atoms with E-state index in [4.69, 9.17) is 23.2 Å². The molecule has 5 rings (SSSR count). The van der Waals surface area contributed by atoms with Crippen LogP contribution in [0.25, 0.3) is 17.2 Å². The van der Waals surface area contributed by atoms with E-state index in [0.29, 0.717) is 41.7 Å². The van der Waals surface area contributed by atoms with E-state index in [1.54, 1.807) is 38.1 Å². The number of benzene rings is 2. The van der Waals surface area contributed by atoms with Crippen LogP contribution in [0.2, 0.25) is 18.1 Å². The first-order chi connectivity index (χ1) is 24.2. The second kappa shape index (κ2) is 15.3. The maximum Gasteiger partial charge on any atom is 0.349 e. The number of esters is 1. The summed E-state index contributed by atoms with van der Waals surface area (Å²) in [6.45, 7) is 15.0. The zero-order valence-electron chi connectivity index (χ0n) is 29.9. The standard InChI is InChI=1S/C34H43FN8O7Si/c1-9-47-32(44)25-19-36-40-31(25)43-33(45)39-30(41-43)28(38-22-13-11-21(12-14-22)29-37-20(2)50-42-29)24-17-23(46-6)18-26(27(24)35)48-15-10-16-49-51(7,8)34(3,4)5/h11-14,17-19,28,38H,9-10,15-16H2,1-8H3,(H,36,40)(H,39,41,45). The lowest BCUT2D eigenvalue weighted by Gasteiger charge is -2.36. The van der Waals surface area contributed by atoms with Gasteiger partial charge in [0, 0.05) is 42.8 Å². The minimum Gasteiger partial charge on any atom is -0.497 e. The molecule has 2 aromatic carbocycles. The summed E-state index contributed by atoms with van der Waals surface area (Å²) in [6.07, 6.45) is 1.77. The lowest BCUT2D eigenvalue weighted by atomic mass is 10.0. The maximum absolute atomic E-state index is 16.5. The number of anilines is 1. The molecule has 0 amide bonds. The van der Waals surface area contributed by atoms with Crippen LogP contribution in [0.15, 0.2) is 51.9 Å². The van der Waals surface area contributed by atoms with Gasteiger partial charge in [-0.1, -0.05) is 25.9 Å². The van der Waals surface area contributed by atoms with Gasteiger partial charge in [0.1, 0.15) is 17.4 Å². The first-order valence-electron chi connectivity index (χ1n) is 16.4. The minimum absolute atomic E-state index is 0.00502. The van der Waals surface area contributed by atoms with E-state index < -0.39 is 31.8 Å². The number of hydrogen-bond acceptors (Lipinski definition) is 12. The van der Waals surface area contributed by atoms with Crippen LogP contribution in [0.1, 0.15) is 67.8 Å². The van der Waals surface area contributed by atoms with E-state index in [-0.39, 0.29) is 46.8 Å². The second-order valence-corrected chi connectivity index (χ2v) is 18.0. The molecule has 1 atom stereocenters. The highest BCUT2D eigenvalue weighted by Crippen LogP contribution is 2.37. The molecule has 0 saturated heterocycles. The fraction of sp³-hybridized carbons (Fsp3) is 0.412. The number of nitrogens with one attached hydrogen (secondary N) is 3. The summed E-state index contributed by atoms with van der Waals surface area (Å²) in [5, 5.41) is 18.3. The van der Waals surface area contributed by atoms with E-state index in [2.05, 4.69) is 69.6 Å². The third-order valence-electron chi connectivity index (χ3n) is 8.62. The number of nitrogens with zero attached hydrogens (tertiary/aromatic N) is 5. The van der Waals surface area contributed by atoms with Gasteiger partial charge >= 0.3 is 11.7 Å². The van der Waals surface area contributed by atoms with Crippen LogP contribution in [0.5, 0.6) is 11.5 Å². The van der Waals surface area contributed by atoms with E-state index in [0.717, 1.165) is 4.68 Å². The largest absolute Gasteiger partial charge is 0.497 e. The zero-order valence-corrected chi connectivity index (χ0v) is 30.9. The number of rotatable bonds is 15. The van der Waals surface area contributed by atoms with Crippen molar-refractivity contribution in [1.82, 2.24) is 35.1 Å². The summed E-state index contributed by atoms with van der Waals surface area (Å²) in [5.74, 6) is -0.297. The first-order valence-corrected chi connectivity index (χ1v) is 19.3. The number of hydrogen-bond donors (Lipinski definition) is 3. The fourth-order valence-electron chi connectivity index (χ4n) is 4.82. The summed E-state index contributed by atoms with van der Waals surface area (Å²) in [4.78, 5) is 32.8. The Balaban J connectivity index is 1.49. The molecule has 0 fully saturated rings. The fourth-order valence-corrected chi connectivity index (χ4v) is 5.91. The molecule has 17 heteroatoms. The number of aromatic nitrogens is 7. The molecule has 51 heavy (non-hydrogen) atoms. The summed E-state index contributed by atoms with van der Waals surface area (Å²) < 4.78 is 45.4. The highest BCUT2D eigenvalue weighted by atomic mass is 28.4. The number of ether oxygens (including phenoxy) is 3. The molecule has 3 N–H and O–H groups in total. The van der Waals surface area contributed by atoms with Crippen molar-refractivity contribution in [3.05, 3.63) is 81.7 Å². The van der Waals surface area contributed by atoms with Crippen LogP contribution >= 0.6 is 0 Å². The van der Waals surface area contributed by atoms with Crippen LogP contribution in [0.4, 0.5) is 10.1 Å². The SMILES string of the molecule is CCOC(=O)c1cn[nH]c1-n1nc(C(Nc2ccc(-c3noc(C)n3)cc2)c2cc(OC)cc(OCCCO[Si](C)(C)C(C)(C)C)c2F)[nH]c1=O. The van der Waals surface area contributed by atoms with Crippen molar-refractivity contribution in [1.29, 1.82) is 0 Å². The Hall–Kier alpha value is -5.29. The molecule has 0 radical (unpaired) electrons. The van der Waals surface area contributed by atoms with Gasteiger partial charge in [-0.2, -0.15) is 14.8 Å². The van der Waals surface area contributed by atoms with E-state index in [9.17, 15) is 9.59 Å². The van der Waals surface area contributed by atoms with E-state index in [1.807, 2.05) is 0 Å². The number of halogens is 1. The number of carbonyl (C=O) groups excluding carboxylic acids is 1. The number of aromatic amines is 2. The Bertz CT molecular complexity index is 2010. The Labute approximate surface area is 295 Å². The molecule has 0 spiro atoms. The molecule has 3 aromatic heterocycles. The van der Waals surface area contributed by atoms with Crippen LogP contribution in [0.3, 0.4) is 0 Å². The van der Waals surface area contributed by atoms with Gasteiger partial charge in [-0.25, -0.2) is 14.0 Å². The molecule has 15 nitrogen and oxygen atoms in total. The second-order valence-electron chi connectivity index (χ2n) is 13.2. The van der Waals surface area contributed by atoms with Crippen molar-refractivity contribution >= 4 is 20.0 Å². The quantitative estimate of drug-likeness (QED) is 0.0656. The Morgan fingerprint density at radius 3 is 2.55 bits per heavy atom. The predicted octanol–water partition coefficient (Wildman–Crippen LogP) is 5.96. The maximum atomic E-state index is 16.5.